The third-order valence-corrected chi connectivity index (χ3v) is 2.06. The Morgan fingerprint density at radius 2 is 2.07 bits per heavy atom. The zero-order valence-corrected chi connectivity index (χ0v) is 7.87. The van der Waals surface area contributed by atoms with Gasteiger partial charge < -0.3 is 0 Å². The van der Waals surface area contributed by atoms with E-state index in [1.54, 1.807) is 6.07 Å². The van der Waals surface area contributed by atoms with Gasteiger partial charge in [-0.1, -0.05) is 19.1 Å². The Kier molecular flexibility index (Phi) is 2.18. The number of fused-ring (bicyclic) bond motifs is 1. The summed E-state index contributed by atoms with van der Waals surface area (Å²) in [6.07, 6.45) is 0.759. The number of carbonyl (C=O) groups is 1. The average molecular weight is 189 g/mol. The van der Waals surface area contributed by atoms with Crippen molar-refractivity contribution < 1.29 is 4.79 Å². The summed E-state index contributed by atoms with van der Waals surface area (Å²) >= 11 is 0. The smallest absolute Gasteiger partial charge is 0.271 e. The number of rotatable bonds is 1. The molecule has 2 rings (SSSR count). The predicted molar refractivity (Wildman–Crippen MR) is 54.4 cm³/mol. The number of hydrogen-bond acceptors (Lipinski definition) is 3. The molecule has 0 aliphatic carbocycles. The molecule has 0 radical (unpaired) electrons. The van der Waals surface area contributed by atoms with Crippen LogP contribution in [0.15, 0.2) is 29.3 Å². The maximum absolute atomic E-state index is 11.5. The molecule has 1 aliphatic rings. The van der Waals surface area contributed by atoms with Crippen LogP contribution in [0.2, 0.25) is 0 Å². The molecule has 4 heteroatoms. The number of benzene rings is 1. The molecule has 14 heavy (non-hydrogen) atoms. The number of amides is 1. The van der Waals surface area contributed by atoms with Crippen molar-refractivity contribution in [3.8, 4) is 0 Å². The van der Waals surface area contributed by atoms with E-state index in [-0.39, 0.29) is 5.91 Å². The Labute approximate surface area is 82.0 Å². The number of hydrogen-bond donors (Lipinski definition) is 2. The standard InChI is InChI=1S/C10H11N3O/c1-2-9-11-8-6-4-3-5-7(8)10(14)13-12-9/h3-6H,2H2,1H3,(H,11,12)(H,13,14). The van der Waals surface area contributed by atoms with Gasteiger partial charge >= 0.3 is 0 Å². The van der Waals surface area contributed by atoms with Crippen molar-refractivity contribution in [3.63, 3.8) is 0 Å². The molecule has 1 aromatic carbocycles. The highest BCUT2D eigenvalue weighted by Gasteiger charge is 2.14. The van der Waals surface area contributed by atoms with E-state index in [0.717, 1.165) is 12.3 Å². The zero-order valence-electron chi connectivity index (χ0n) is 7.87. The molecule has 1 aromatic rings. The van der Waals surface area contributed by atoms with E-state index in [4.69, 9.17) is 0 Å². The molecule has 0 fully saturated rings. The molecular formula is C10H11N3O. The first-order valence-corrected chi connectivity index (χ1v) is 4.54. The summed E-state index contributed by atoms with van der Waals surface area (Å²) in [6.45, 7) is 1.98. The minimum Gasteiger partial charge on any atom is -0.285 e. The molecule has 0 bridgehead atoms. The highest BCUT2D eigenvalue weighted by molar-refractivity contribution is 6.03. The fraction of sp³-hybridized carbons (Fsp3) is 0.200. The summed E-state index contributed by atoms with van der Waals surface area (Å²) in [5, 5.41) is 0. The second-order valence-electron chi connectivity index (χ2n) is 3.01. The van der Waals surface area contributed by atoms with Crippen molar-refractivity contribution >= 4 is 17.4 Å². The number of amidine groups is 1. The molecule has 1 amide bonds. The molecular weight excluding hydrogens is 178 g/mol. The third-order valence-electron chi connectivity index (χ3n) is 2.06. The first kappa shape index (κ1) is 8.74. The lowest BCUT2D eigenvalue weighted by atomic mass is 10.2. The monoisotopic (exact) mass is 189 g/mol. The van der Waals surface area contributed by atoms with E-state index in [1.807, 2.05) is 25.1 Å². The van der Waals surface area contributed by atoms with Crippen LogP contribution in [-0.4, -0.2) is 11.7 Å². The Balaban J connectivity index is 2.50. The van der Waals surface area contributed by atoms with Crippen LogP contribution in [0.4, 0.5) is 5.69 Å². The lowest BCUT2D eigenvalue weighted by Crippen LogP contribution is -2.39. The van der Waals surface area contributed by atoms with E-state index in [0.29, 0.717) is 11.3 Å². The van der Waals surface area contributed by atoms with Crippen molar-refractivity contribution in [2.75, 3.05) is 0 Å². The number of carbonyl (C=O) groups excluding carboxylic acids is 1. The number of hydrazine groups is 1. The van der Waals surface area contributed by atoms with Gasteiger partial charge in [0.25, 0.3) is 5.91 Å². The predicted octanol–water partition coefficient (Wildman–Crippen LogP) is 1.37. The van der Waals surface area contributed by atoms with Crippen LogP contribution in [0.3, 0.4) is 0 Å². The van der Waals surface area contributed by atoms with E-state index >= 15 is 0 Å². The first-order chi connectivity index (χ1) is 6.81. The second-order valence-corrected chi connectivity index (χ2v) is 3.01. The molecule has 0 unspecified atom stereocenters. The van der Waals surface area contributed by atoms with Crippen molar-refractivity contribution in [3.05, 3.63) is 29.8 Å². The maximum Gasteiger partial charge on any atom is 0.271 e. The van der Waals surface area contributed by atoms with E-state index in [2.05, 4.69) is 15.8 Å². The van der Waals surface area contributed by atoms with Crippen molar-refractivity contribution in [2.24, 2.45) is 4.99 Å². The number of para-hydroxylation sites is 1. The van der Waals surface area contributed by atoms with Gasteiger partial charge in [0.1, 0.15) is 5.84 Å². The van der Waals surface area contributed by atoms with Gasteiger partial charge in [-0.05, 0) is 12.1 Å². The quantitative estimate of drug-likeness (QED) is 0.701. The van der Waals surface area contributed by atoms with Gasteiger partial charge in [0, 0.05) is 6.42 Å². The minimum atomic E-state index is -0.146. The van der Waals surface area contributed by atoms with E-state index in [9.17, 15) is 4.79 Å². The molecule has 0 aromatic heterocycles. The van der Waals surface area contributed by atoms with Crippen LogP contribution in [0.25, 0.3) is 0 Å². The molecule has 0 saturated carbocycles. The summed E-state index contributed by atoms with van der Waals surface area (Å²) in [6, 6.07) is 7.28. The van der Waals surface area contributed by atoms with Crippen molar-refractivity contribution in [2.45, 2.75) is 13.3 Å². The number of nitrogens with zero attached hydrogens (tertiary/aromatic N) is 1. The third kappa shape index (κ3) is 1.46. The van der Waals surface area contributed by atoms with Gasteiger partial charge in [0.2, 0.25) is 0 Å². The summed E-state index contributed by atoms with van der Waals surface area (Å²) in [4.78, 5) is 15.9. The molecule has 1 aliphatic heterocycles. The van der Waals surface area contributed by atoms with E-state index < -0.39 is 0 Å². The normalized spacial score (nSPS) is 14.6. The number of nitrogens with one attached hydrogen (secondary N) is 2. The van der Waals surface area contributed by atoms with Gasteiger partial charge in [-0.2, -0.15) is 0 Å². The molecule has 1 heterocycles. The Morgan fingerprint density at radius 1 is 1.29 bits per heavy atom. The minimum absolute atomic E-state index is 0.146. The van der Waals surface area contributed by atoms with Crippen LogP contribution in [0, 0.1) is 0 Å². The molecule has 0 saturated heterocycles. The van der Waals surface area contributed by atoms with Gasteiger partial charge in [-0.25, -0.2) is 4.99 Å². The van der Waals surface area contributed by atoms with Gasteiger partial charge in [0.15, 0.2) is 0 Å². The molecule has 0 atom stereocenters. The lowest BCUT2D eigenvalue weighted by molar-refractivity contribution is 0.0945. The van der Waals surface area contributed by atoms with Crippen LogP contribution in [-0.2, 0) is 0 Å². The SMILES string of the molecule is CCC1=Nc2ccccc2C(=O)NN1. The van der Waals surface area contributed by atoms with Crippen LogP contribution in [0.1, 0.15) is 23.7 Å². The van der Waals surface area contributed by atoms with Crippen LogP contribution < -0.4 is 10.9 Å². The van der Waals surface area contributed by atoms with Gasteiger partial charge in [-0.3, -0.25) is 15.6 Å². The summed E-state index contributed by atoms with van der Waals surface area (Å²) in [5.74, 6) is 0.621. The van der Waals surface area contributed by atoms with Crippen molar-refractivity contribution in [1.82, 2.24) is 10.9 Å². The van der Waals surface area contributed by atoms with Crippen LogP contribution in [0.5, 0.6) is 0 Å². The Morgan fingerprint density at radius 3 is 2.86 bits per heavy atom. The van der Waals surface area contributed by atoms with Crippen molar-refractivity contribution in [1.29, 1.82) is 0 Å². The maximum atomic E-state index is 11.5. The van der Waals surface area contributed by atoms with Crippen LogP contribution >= 0.6 is 0 Å². The molecule has 0 spiro atoms. The van der Waals surface area contributed by atoms with Gasteiger partial charge in [0.05, 0.1) is 11.3 Å². The van der Waals surface area contributed by atoms with E-state index in [1.165, 1.54) is 0 Å². The highest BCUT2D eigenvalue weighted by atomic mass is 16.2. The Hall–Kier alpha value is -1.84. The first-order valence-electron chi connectivity index (χ1n) is 4.54. The highest BCUT2D eigenvalue weighted by Crippen LogP contribution is 2.19. The molecule has 4 nitrogen and oxygen atoms in total. The molecule has 72 valence electrons. The summed E-state index contributed by atoms with van der Waals surface area (Å²) in [7, 11) is 0. The summed E-state index contributed by atoms with van der Waals surface area (Å²) < 4.78 is 0. The fourth-order valence-electron chi connectivity index (χ4n) is 1.30. The summed E-state index contributed by atoms with van der Waals surface area (Å²) in [5.41, 5.74) is 6.68. The topological polar surface area (TPSA) is 53.5 Å². The molecule has 2 N–H and O–H groups in total. The average Bonchev–Trinajstić information content (AvgIpc) is 2.39. The van der Waals surface area contributed by atoms with Gasteiger partial charge in [-0.15, -0.1) is 0 Å². The lowest BCUT2D eigenvalue weighted by Gasteiger charge is -2.03. The number of aliphatic imine (C=N–C) groups is 1. The second kappa shape index (κ2) is 3.49. The zero-order chi connectivity index (χ0) is 9.97. The Bertz CT molecular complexity index is 398. The fourth-order valence-corrected chi connectivity index (χ4v) is 1.30. The largest absolute Gasteiger partial charge is 0.285 e.